The van der Waals surface area contributed by atoms with E-state index in [1.807, 2.05) is 65.2 Å². The fourth-order valence-electron chi connectivity index (χ4n) is 3.37. The first-order valence-corrected chi connectivity index (χ1v) is 9.55. The van der Waals surface area contributed by atoms with Crippen LogP contribution in [0.1, 0.15) is 5.56 Å². The quantitative estimate of drug-likeness (QED) is 0.739. The molecule has 2 aromatic heterocycles. The number of aromatic nitrogens is 3. The summed E-state index contributed by atoms with van der Waals surface area (Å²) in [4.78, 5) is 25.4. The number of aryl methyl sites for hydroxylation is 1. The minimum atomic E-state index is -0.0892. The zero-order valence-corrected chi connectivity index (χ0v) is 16.6. The lowest BCUT2D eigenvalue weighted by Gasteiger charge is -2.35. The third-order valence-corrected chi connectivity index (χ3v) is 5.07. The molecule has 0 aliphatic carbocycles. The first-order valence-electron chi connectivity index (χ1n) is 9.55. The Hall–Kier alpha value is -3.55. The van der Waals surface area contributed by atoms with Crippen LogP contribution in [-0.4, -0.2) is 58.8 Å². The predicted molar refractivity (Wildman–Crippen MR) is 112 cm³/mol. The molecule has 3 heterocycles. The summed E-state index contributed by atoms with van der Waals surface area (Å²) in [7, 11) is 1.63. The van der Waals surface area contributed by atoms with Crippen LogP contribution in [0.4, 0.5) is 16.3 Å². The lowest BCUT2D eigenvalue weighted by molar-refractivity contribution is 0.208. The van der Waals surface area contributed by atoms with E-state index in [0.29, 0.717) is 13.1 Å². The fourth-order valence-corrected chi connectivity index (χ4v) is 3.37. The number of rotatable bonds is 4. The fraction of sp³-hybridized carbons (Fsp3) is 0.286. The molecule has 0 unspecified atom stereocenters. The van der Waals surface area contributed by atoms with E-state index in [1.54, 1.807) is 13.4 Å². The van der Waals surface area contributed by atoms with Gasteiger partial charge in [0.05, 0.1) is 7.11 Å². The van der Waals surface area contributed by atoms with E-state index in [9.17, 15) is 4.79 Å². The maximum atomic E-state index is 12.7. The van der Waals surface area contributed by atoms with Crippen LogP contribution in [0, 0.1) is 6.92 Å². The third-order valence-electron chi connectivity index (χ3n) is 5.07. The molecule has 1 aromatic carbocycles. The van der Waals surface area contributed by atoms with Gasteiger partial charge >= 0.3 is 6.03 Å². The number of amides is 2. The number of methoxy groups -OCH3 is 1. The highest BCUT2D eigenvalue weighted by atomic mass is 16.5. The number of piperazine rings is 1. The number of nitrogens with one attached hydrogen (secondary N) is 1. The number of hydrogen-bond donors (Lipinski definition) is 1. The van der Waals surface area contributed by atoms with Crippen molar-refractivity contribution in [1.29, 1.82) is 0 Å². The molecule has 0 radical (unpaired) electrons. The van der Waals surface area contributed by atoms with Gasteiger partial charge in [-0.3, -0.25) is 0 Å². The molecule has 0 bridgehead atoms. The van der Waals surface area contributed by atoms with E-state index in [4.69, 9.17) is 4.74 Å². The van der Waals surface area contributed by atoms with Gasteiger partial charge in [0.25, 0.3) is 0 Å². The van der Waals surface area contributed by atoms with Crippen molar-refractivity contribution in [2.45, 2.75) is 6.92 Å². The van der Waals surface area contributed by atoms with Gasteiger partial charge in [0.1, 0.15) is 23.7 Å². The van der Waals surface area contributed by atoms with Gasteiger partial charge in [0.15, 0.2) is 0 Å². The van der Waals surface area contributed by atoms with Crippen molar-refractivity contribution in [3.63, 3.8) is 0 Å². The van der Waals surface area contributed by atoms with Gasteiger partial charge in [-0.25, -0.2) is 14.8 Å². The van der Waals surface area contributed by atoms with E-state index in [-0.39, 0.29) is 6.03 Å². The predicted octanol–water partition coefficient (Wildman–Crippen LogP) is 2.94. The van der Waals surface area contributed by atoms with Crippen LogP contribution in [0.25, 0.3) is 5.82 Å². The number of ether oxygens (including phenoxy) is 1. The summed E-state index contributed by atoms with van der Waals surface area (Å²) < 4.78 is 7.17. The van der Waals surface area contributed by atoms with Gasteiger partial charge in [-0.15, -0.1) is 0 Å². The molecule has 1 aliphatic rings. The molecule has 150 valence electrons. The maximum Gasteiger partial charge on any atom is 0.321 e. The number of benzene rings is 1. The van der Waals surface area contributed by atoms with Crippen molar-refractivity contribution in [1.82, 2.24) is 19.4 Å². The number of hydrogen-bond acceptors (Lipinski definition) is 5. The first kappa shape index (κ1) is 18.8. The first-order chi connectivity index (χ1) is 14.1. The van der Waals surface area contributed by atoms with Crippen molar-refractivity contribution in [3.05, 3.63) is 60.7 Å². The molecule has 1 fully saturated rings. The van der Waals surface area contributed by atoms with E-state index in [1.165, 1.54) is 0 Å². The van der Waals surface area contributed by atoms with Crippen LogP contribution in [0.15, 0.2) is 55.1 Å². The van der Waals surface area contributed by atoms with Gasteiger partial charge in [-0.1, -0.05) is 0 Å². The number of carbonyl (C=O) groups excluding carboxylic acids is 1. The van der Waals surface area contributed by atoms with Crippen molar-refractivity contribution in [2.75, 3.05) is 43.5 Å². The van der Waals surface area contributed by atoms with Crippen LogP contribution < -0.4 is 15.0 Å². The van der Waals surface area contributed by atoms with Crippen molar-refractivity contribution in [3.8, 4) is 11.6 Å². The van der Waals surface area contributed by atoms with Gasteiger partial charge < -0.3 is 24.4 Å². The summed E-state index contributed by atoms with van der Waals surface area (Å²) in [6.07, 6.45) is 5.49. The molecule has 2 amide bonds. The van der Waals surface area contributed by atoms with E-state index < -0.39 is 0 Å². The molecule has 1 aliphatic heterocycles. The Kier molecular flexibility index (Phi) is 5.33. The Bertz CT molecular complexity index is 981. The molecule has 0 atom stereocenters. The lowest BCUT2D eigenvalue weighted by Crippen LogP contribution is -2.50. The molecule has 29 heavy (non-hydrogen) atoms. The Morgan fingerprint density at radius 2 is 1.76 bits per heavy atom. The van der Waals surface area contributed by atoms with Crippen LogP contribution >= 0.6 is 0 Å². The Labute approximate surface area is 169 Å². The molecule has 0 saturated carbocycles. The zero-order chi connectivity index (χ0) is 20.2. The van der Waals surface area contributed by atoms with Crippen molar-refractivity contribution >= 4 is 17.5 Å². The average molecular weight is 392 g/mol. The summed E-state index contributed by atoms with van der Waals surface area (Å²) in [6, 6.07) is 11.4. The van der Waals surface area contributed by atoms with E-state index in [0.717, 1.165) is 41.7 Å². The Morgan fingerprint density at radius 1 is 1.03 bits per heavy atom. The summed E-state index contributed by atoms with van der Waals surface area (Å²) >= 11 is 0. The molecule has 1 N–H and O–H groups in total. The SMILES string of the molecule is COc1ccc(NC(=O)N2CCN(c3cc(-n4cccc4)ncn3)CC2)c(C)c1. The highest BCUT2D eigenvalue weighted by molar-refractivity contribution is 5.90. The smallest absolute Gasteiger partial charge is 0.321 e. The number of nitrogens with zero attached hydrogens (tertiary/aromatic N) is 5. The minimum absolute atomic E-state index is 0.0892. The normalized spacial score (nSPS) is 14.0. The Balaban J connectivity index is 1.37. The largest absolute Gasteiger partial charge is 0.497 e. The number of carbonyl (C=O) groups is 1. The van der Waals surface area contributed by atoms with Crippen LogP contribution in [0.3, 0.4) is 0 Å². The topological polar surface area (TPSA) is 75.5 Å². The van der Waals surface area contributed by atoms with Crippen LogP contribution in [-0.2, 0) is 0 Å². The van der Waals surface area contributed by atoms with Crippen LogP contribution in [0.2, 0.25) is 0 Å². The third kappa shape index (κ3) is 4.16. The maximum absolute atomic E-state index is 12.7. The zero-order valence-electron chi connectivity index (χ0n) is 16.6. The Morgan fingerprint density at radius 3 is 2.45 bits per heavy atom. The van der Waals surface area contributed by atoms with E-state index >= 15 is 0 Å². The highest BCUT2D eigenvalue weighted by Crippen LogP contribution is 2.22. The standard InChI is InChI=1S/C21H24N6O2/c1-16-13-17(29-2)5-6-18(16)24-21(28)27-11-9-26(10-12-27)20-14-19(22-15-23-20)25-7-3-4-8-25/h3-8,13-15H,9-12H2,1-2H3,(H,24,28). The molecular weight excluding hydrogens is 368 g/mol. The van der Waals surface area contributed by atoms with Gasteiger partial charge in [-0.2, -0.15) is 0 Å². The highest BCUT2D eigenvalue weighted by Gasteiger charge is 2.22. The second-order valence-corrected chi connectivity index (χ2v) is 6.91. The van der Waals surface area contributed by atoms with Gasteiger partial charge in [0, 0.05) is 50.3 Å². The van der Waals surface area contributed by atoms with Gasteiger partial charge in [-0.05, 0) is 42.8 Å². The number of anilines is 2. The van der Waals surface area contributed by atoms with E-state index in [2.05, 4.69) is 20.2 Å². The summed E-state index contributed by atoms with van der Waals surface area (Å²) in [5.74, 6) is 2.48. The second kappa shape index (κ2) is 8.22. The summed E-state index contributed by atoms with van der Waals surface area (Å²) in [5.41, 5.74) is 1.76. The molecule has 3 aromatic rings. The minimum Gasteiger partial charge on any atom is -0.497 e. The summed E-state index contributed by atoms with van der Waals surface area (Å²) in [6.45, 7) is 4.65. The number of urea groups is 1. The van der Waals surface area contributed by atoms with Gasteiger partial charge in [0.2, 0.25) is 0 Å². The lowest BCUT2D eigenvalue weighted by atomic mass is 10.2. The molecule has 0 spiro atoms. The summed E-state index contributed by atoms with van der Waals surface area (Å²) in [5, 5.41) is 3.00. The molecule has 1 saturated heterocycles. The molecule has 8 heteroatoms. The molecule has 4 rings (SSSR count). The van der Waals surface area contributed by atoms with Crippen LogP contribution in [0.5, 0.6) is 5.75 Å². The molecule has 8 nitrogen and oxygen atoms in total. The molecular formula is C21H24N6O2. The second-order valence-electron chi connectivity index (χ2n) is 6.91. The van der Waals surface area contributed by atoms with Crippen molar-refractivity contribution < 1.29 is 9.53 Å². The monoisotopic (exact) mass is 392 g/mol. The van der Waals surface area contributed by atoms with Crippen molar-refractivity contribution in [2.24, 2.45) is 0 Å². The average Bonchev–Trinajstić information content (AvgIpc) is 3.30.